The fraction of sp³-hybridized carbons (Fsp3) is 0.317. The monoisotopic (exact) mass is 770 g/mol. The van der Waals surface area contributed by atoms with Gasteiger partial charge in [0.1, 0.15) is 23.2 Å². The van der Waals surface area contributed by atoms with E-state index >= 15 is 0 Å². The summed E-state index contributed by atoms with van der Waals surface area (Å²) in [4.78, 5) is 83.7. The van der Waals surface area contributed by atoms with Crippen LogP contribution in [0.5, 0.6) is 0 Å². The van der Waals surface area contributed by atoms with Gasteiger partial charge in [-0.15, -0.1) is 0 Å². The van der Waals surface area contributed by atoms with Crippen LogP contribution in [0.3, 0.4) is 0 Å². The van der Waals surface area contributed by atoms with Gasteiger partial charge in [-0.05, 0) is 60.6 Å². The second kappa shape index (κ2) is 16.6. The Morgan fingerprint density at radius 1 is 0.860 bits per heavy atom. The minimum Gasteiger partial charge on any atom is -0.453 e. The summed E-state index contributed by atoms with van der Waals surface area (Å²) in [6.07, 6.45) is 5.83. The molecule has 16 nitrogen and oxygen atoms in total. The van der Waals surface area contributed by atoms with E-state index < -0.39 is 18.2 Å². The Morgan fingerprint density at radius 2 is 1.54 bits per heavy atom. The topological polar surface area (TPSA) is 193 Å². The summed E-state index contributed by atoms with van der Waals surface area (Å²) < 4.78 is 4.83. The summed E-state index contributed by atoms with van der Waals surface area (Å²) in [5, 5.41) is 2.70. The average molecular weight is 771 g/mol. The molecule has 6 heterocycles. The van der Waals surface area contributed by atoms with Gasteiger partial charge in [0.2, 0.25) is 6.40 Å². The molecule has 57 heavy (non-hydrogen) atoms. The molecule has 16 heteroatoms. The lowest BCUT2D eigenvalue weighted by Crippen LogP contribution is -2.42. The number of nitrogens with zero attached hydrogens (tertiary/aromatic N) is 7. The Morgan fingerprint density at radius 3 is 2.25 bits per heavy atom. The van der Waals surface area contributed by atoms with Crippen LogP contribution in [-0.4, -0.2) is 91.3 Å². The van der Waals surface area contributed by atoms with Gasteiger partial charge in [0, 0.05) is 31.4 Å². The fourth-order valence-electron chi connectivity index (χ4n) is 7.74. The second-order valence-corrected chi connectivity index (χ2v) is 14.0. The highest BCUT2D eigenvalue weighted by Gasteiger charge is 2.38. The lowest BCUT2D eigenvalue weighted by Gasteiger charge is -2.28. The highest BCUT2D eigenvalue weighted by atomic mass is 17.2. The van der Waals surface area contributed by atoms with Crippen LogP contribution in [0.4, 0.5) is 4.79 Å². The summed E-state index contributed by atoms with van der Waals surface area (Å²) in [5.41, 5.74) is 5.74. The van der Waals surface area contributed by atoms with Gasteiger partial charge in [0.05, 0.1) is 31.8 Å². The van der Waals surface area contributed by atoms with E-state index in [-0.39, 0.29) is 23.9 Å². The summed E-state index contributed by atoms with van der Waals surface area (Å²) in [6, 6.07) is 22.1. The van der Waals surface area contributed by atoms with Crippen molar-refractivity contribution in [3.8, 4) is 0 Å². The second-order valence-electron chi connectivity index (χ2n) is 14.0. The van der Waals surface area contributed by atoms with E-state index in [0.717, 1.165) is 48.0 Å². The number of alkyl carbamates (subject to hydrolysis) is 1. The predicted octanol–water partition coefficient (Wildman–Crippen LogP) is 5.59. The van der Waals surface area contributed by atoms with Crippen molar-refractivity contribution in [3.63, 3.8) is 0 Å². The third-order valence-corrected chi connectivity index (χ3v) is 10.4. The van der Waals surface area contributed by atoms with Gasteiger partial charge in [-0.2, -0.15) is 4.89 Å². The number of aromatic nitrogens is 6. The third kappa shape index (κ3) is 7.89. The van der Waals surface area contributed by atoms with Crippen LogP contribution < -0.4 is 5.32 Å². The Hall–Kier alpha value is -6.68. The standard InChI is InChI=1S/C41H42N10O6/c1-55-41(54)47-34(27-13-7-4-8-14-27)40(53)51-20-10-15-31(51)37-45-29-18-17-28(44-36(29)49-37)21-25-22-30-35(42-23-25)48-38(46-30)32-16-9-19-50(32)39(52)33(43-24-57-56-2)26-11-5-3-6-12-26/h3-8,11-14,17-18,22-24,31-34H,9-10,15-16,19-21H2,1-2H3,(H,47,54)(H,42,46,48)(H,44,45,49)/b43-24-/t31-,32-,33+,34+/m0/s1. The number of benzene rings is 2. The highest BCUT2D eigenvalue weighted by molar-refractivity contribution is 5.88. The molecule has 3 amide bonds. The van der Waals surface area contributed by atoms with Crippen molar-refractivity contribution in [2.24, 2.45) is 4.99 Å². The number of rotatable bonds is 12. The maximum Gasteiger partial charge on any atom is 0.407 e. The molecule has 3 N–H and O–H groups in total. The zero-order valence-electron chi connectivity index (χ0n) is 31.5. The van der Waals surface area contributed by atoms with Crippen molar-refractivity contribution in [1.29, 1.82) is 0 Å². The van der Waals surface area contributed by atoms with Crippen molar-refractivity contribution in [1.82, 2.24) is 45.0 Å². The van der Waals surface area contributed by atoms with Gasteiger partial charge < -0.3 is 34.7 Å². The van der Waals surface area contributed by atoms with E-state index in [4.69, 9.17) is 24.6 Å². The van der Waals surface area contributed by atoms with Crippen LogP contribution in [0.25, 0.3) is 22.3 Å². The molecule has 2 aliphatic heterocycles. The molecule has 6 aromatic rings. The maximum atomic E-state index is 13.9. The van der Waals surface area contributed by atoms with Gasteiger partial charge >= 0.3 is 6.09 Å². The summed E-state index contributed by atoms with van der Waals surface area (Å²) in [7, 11) is 2.65. The molecular weight excluding hydrogens is 729 g/mol. The van der Waals surface area contributed by atoms with Gasteiger partial charge in [-0.1, -0.05) is 60.7 Å². The van der Waals surface area contributed by atoms with E-state index in [1.54, 1.807) is 23.2 Å². The first-order valence-corrected chi connectivity index (χ1v) is 18.9. The Bertz CT molecular complexity index is 2400. The number of aliphatic imine (C=N–C) groups is 1. The molecule has 2 fully saturated rings. The molecule has 0 radical (unpaired) electrons. The zero-order valence-corrected chi connectivity index (χ0v) is 31.5. The van der Waals surface area contributed by atoms with E-state index in [1.165, 1.54) is 14.2 Å². The fourth-order valence-corrected chi connectivity index (χ4v) is 7.74. The van der Waals surface area contributed by atoms with Crippen molar-refractivity contribution < 1.29 is 28.9 Å². The smallest absolute Gasteiger partial charge is 0.407 e. The molecule has 0 spiro atoms. The van der Waals surface area contributed by atoms with Gasteiger partial charge in [-0.3, -0.25) is 9.59 Å². The van der Waals surface area contributed by atoms with Crippen LogP contribution in [0.2, 0.25) is 0 Å². The minimum absolute atomic E-state index is 0.157. The molecule has 2 aromatic carbocycles. The Kier molecular flexibility index (Phi) is 10.8. The molecular formula is C41H42N10O6. The number of pyridine rings is 2. The first kappa shape index (κ1) is 37.3. The lowest BCUT2D eigenvalue weighted by atomic mass is 10.1. The quantitative estimate of drug-likeness (QED) is 0.0612. The number of H-pyrrole nitrogens is 2. The molecule has 2 aliphatic rings. The van der Waals surface area contributed by atoms with Crippen LogP contribution in [0.15, 0.2) is 90.1 Å². The Balaban J connectivity index is 0.982. The number of likely N-dealkylation sites (tertiary alicyclic amines) is 2. The number of nitrogens with one attached hydrogen (secondary N) is 3. The first-order valence-electron chi connectivity index (χ1n) is 18.9. The average Bonchev–Trinajstić information content (AvgIpc) is 4.07. The Labute approximate surface area is 327 Å². The molecule has 4 atom stereocenters. The van der Waals surface area contributed by atoms with E-state index in [2.05, 4.69) is 30.1 Å². The SMILES string of the molecule is COO/C=N\[C@@H](C(=O)N1CCC[C@H]1c1nc2cc(Cc3ccc4[nH]c([C@@H]5CCCN5C(=O)[C@H](NC(=O)OC)c5ccccc5)nc4n3)cnc2[nH]1)c1ccccc1. The van der Waals surface area contributed by atoms with Gasteiger partial charge in [0.25, 0.3) is 11.8 Å². The minimum atomic E-state index is -0.905. The van der Waals surface area contributed by atoms with Crippen molar-refractivity contribution in [3.05, 3.63) is 119 Å². The largest absolute Gasteiger partial charge is 0.453 e. The number of hydrogen-bond donors (Lipinski definition) is 3. The normalized spacial score (nSPS) is 18.0. The number of carbonyl (C=O) groups excluding carboxylic acids is 3. The molecule has 0 aliphatic carbocycles. The number of fused-ring (bicyclic) bond motifs is 2. The number of aromatic amines is 2. The molecule has 2 saturated heterocycles. The van der Waals surface area contributed by atoms with Crippen molar-refractivity contribution in [2.75, 3.05) is 27.3 Å². The summed E-state index contributed by atoms with van der Waals surface area (Å²) in [5.74, 6) is 0.917. The summed E-state index contributed by atoms with van der Waals surface area (Å²) in [6.45, 7) is 1.10. The molecule has 0 bridgehead atoms. The molecule has 0 unspecified atom stereocenters. The van der Waals surface area contributed by atoms with Crippen LogP contribution in [0.1, 0.15) is 83.9 Å². The summed E-state index contributed by atoms with van der Waals surface area (Å²) >= 11 is 0. The highest BCUT2D eigenvalue weighted by Crippen LogP contribution is 2.36. The van der Waals surface area contributed by atoms with Gasteiger partial charge in [0.15, 0.2) is 17.3 Å². The number of hydrogen-bond acceptors (Lipinski definition) is 11. The van der Waals surface area contributed by atoms with Crippen molar-refractivity contribution >= 4 is 46.6 Å². The number of imidazole rings is 2. The van der Waals surface area contributed by atoms with E-state index in [0.29, 0.717) is 60.0 Å². The number of ether oxygens (including phenoxy) is 1. The van der Waals surface area contributed by atoms with Crippen LogP contribution >= 0.6 is 0 Å². The number of amides is 3. The molecule has 292 valence electrons. The van der Waals surface area contributed by atoms with Crippen molar-refractivity contribution in [2.45, 2.75) is 56.3 Å². The van der Waals surface area contributed by atoms with E-state index in [9.17, 15) is 14.4 Å². The lowest BCUT2D eigenvalue weighted by molar-refractivity contribution is -0.188. The number of methoxy groups -OCH3 is 1. The van der Waals surface area contributed by atoms with Crippen LogP contribution in [0, 0.1) is 0 Å². The molecule has 8 rings (SSSR count). The van der Waals surface area contributed by atoms with Crippen LogP contribution in [-0.2, 0) is 30.5 Å². The molecule has 0 saturated carbocycles. The maximum absolute atomic E-state index is 13.9. The third-order valence-electron chi connectivity index (χ3n) is 10.4. The van der Waals surface area contributed by atoms with Gasteiger partial charge in [-0.25, -0.2) is 29.7 Å². The predicted molar refractivity (Wildman–Crippen MR) is 208 cm³/mol. The molecule has 4 aromatic heterocycles. The number of carbonyl (C=O) groups is 3. The first-order chi connectivity index (χ1) is 27.9. The van der Waals surface area contributed by atoms with E-state index in [1.807, 2.05) is 71.6 Å². The zero-order chi connectivity index (χ0) is 39.3.